The van der Waals surface area contributed by atoms with Gasteiger partial charge in [0.1, 0.15) is 5.76 Å². The molecule has 9 nitrogen and oxygen atoms in total. The Morgan fingerprint density at radius 2 is 1.69 bits per heavy atom. The third-order valence-electron chi connectivity index (χ3n) is 5.66. The second kappa shape index (κ2) is 14.8. The molecule has 198 valence electrons. The zero-order valence-electron chi connectivity index (χ0n) is 22.0. The number of benzene rings is 1. The van der Waals surface area contributed by atoms with Crippen LogP contribution >= 0.6 is 0 Å². The fourth-order valence-corrected chi connectivity index (χ4v) is 3.79. The summed E-state index contributed by atoms with van der Waals surface area (Å²) >= 11 is 0. The van der Waals surface area contributed by atoms with Gasteiger partial charge in [0.25, 0.3) is 0 Å². The summed E-state index contributed by atoms with van der Waals surface area (Å²) in [7, 11) is 4.49. The number of furan rings is 1. The molecule has 0 atom stereocenters. The van der Waals surface area contributed by atoms with E-state index < -0.39 is 0 Å². The van der Waals surface area contributed by atoms with Gasteiger partial charge >= 0.3 is 5.97 Å². The van der Waals surface area contributed by atoms with Gasteiger partial charge in [0.15, 0.2) is 11.5 Å². The van der Waals surface area contributed by atoms with Crippen LogP contribution in [-0.2, 0) is 32.1 Å². The molecule has 0 fully saturated rings. The number of ether oxygens (including phenoxy) is 3. The molecule has 0 radical (unpaired) electrons. The molecule has 0 spiro atoms. The molecule has 0 bridgehead atoms. The molecule has 0 N–H and O–H groups in total. The van der Waals surface area contributed by atoms with Crippen molar-refractivity contribution < 1.29 is 33.0 Å². The fraction of sp³-hybridized carbons (Fsp3) is 0.519. The number of nitrogens with zero attached hydrogens (tertiary/aromatic N) is 2. The molecule has 0 aliphatic carbocycles. The lowest BCUT2D eigenvalue weighted by Crippen LogP contribution is -2.44. The maximum atomic E-state index is 13.4. The van der Waals surface area contributed by atoms with Crippen molar-refractivity contribution in [3.8, 4) is 11.5 Å². The van der Waals surface area contributed by atoms with E-state index in [2.05, 4.69) is 4.74 Å². The van der Waals surface area contributed by atoms with Crippen molar-refractivity contribution in [2.75, 3.05) is 41.0 Å². The maximum absolute atomic E-state index is 13.4. The molecular formula is C27H38N2O7. The van der Waals surface area contributed by atoms with Crippen molar-refractivity contribution in [1.82, 2.24) is 9.80 Å². The second-order valence-electron chi connectivity index (χ2n) is 8.93. The summed E-state index contributed by atoms with van der Waals surface area (Å²) in [4.78, 5) is 41.0. The predicted molar refractivity (Wildman–Crippen MR) is 135 cm³/mol. The van der Waals surface area contributed by atoms with Crippen LogP contribution in [0.5, 0.6) is 11.5 Å². The van der Waals surface area contributed by atoms with E-state index in [1.165, 1.54) is 7.11 Å². The smallest absolute Gasteiger partial charge is 0.305 e. The van der Waals surface area contributed by atoms with Gasteiger partial charge in [-0.3, -0.25) is 14.4 Å². The van der Waals surface area contributed by atoms with E-state index in [-0.39, 0.29) is 43.1 Å². The first kappa shape index (κ1) is 28.7. The van der Waals surface area contributed by atoms with Crippen LogP contribution in [0.3, 0.4) is 0 Å². The van der Waals surface area contributed by atoms with E-state index in [0.29, 0.717) is 49.7 Å². The van der Waals surface area contributed by atoms with Gasteiger partial charge in [-0.15, -0.1) is 0 Å². The number of carbonyl (C=O) groups excluding carboxylic acids is 3. The highest BCUT2D eigenvalue weighted by molar-refractivity contribution is 5.85. The highest BCUT2D eigenvalue weighted by atomic mass is 16.5. The zero-order valence-corrected chi connectivity index (χ0v) is 22.0. The van der Waals surface area contributed by atoms with E-state index in [4.69, 9.17) is 13.9 Å². The first-order valence-corrected chi connectivity index (χ1v) is 12.1. The predicted octanol–water partition coefficient (Wildman–Crippen LogP) is 3.70. The van der Waals surface area contributed by atoms with Crippen LogP contribution in [0.15, 0.2) is 41.0 Å². The number of hydrogen-bond acceptors (Lipinski definition) is 7. The van der Waals surface area contributed by atoms with E-state index >= 15 is 0 Å². The molecule has 2 rings (SSSR count). The monoisotopic (exact) mass is 502 g/mol. The summed E-state index contributed by atoms with van der Waals surface area (Å²) in [5.41, 5.74) is 0.989. The number of esters is 1. The summed E-state index contributed by atoms with van der Waals surface area (Å²) in [5, 5.41) is 0. The second-order valence-corrected chi connectivity index (χ2v) is 8.93. The quantitative estimate of drug-likeness (QED) is 0.343. The van der Waals surface area contributed by atoms with Gasteiger partial charge in [0.2, 0.25) is 11.8 Å². The Morgan fingerprint density at radius 3 is 2.31 bits per heavy atom. The van der Waals surface area contributed by atoms with Gasteiger partial charge in [-0.05, 0) is 48.6 Å². The number of carbonyl (C=O) groups is 3. The van der Waals surface area contributed by atoms with E-state index in [9.17, 15) is 14.4 Å². The summed E-state index contributed by atoms with van der Waals surface area (Å²) in [5.74, 6) is 1.43. The van der Waals surface area contributed by atoms with Crippen molar-refractivity contribution in [3.05, 3.63) is 47.9 Å². The molecular weight excluding hydrogens is 464 g/mol. The molecule has 0 unspecified atom stereocenters. The lowest BCUT2D eigenvalue weighted by molar-refractivity contribution is -0.143. The largest absolute Gasteiger partial charge is 0.493 e. The Balaban J connectivity index is 2.11. The van der Waals surface area contributed by atoms with Crippen LogP contribution in [0.4, 0.5) is 0 Å². The Labute approximate surface area is 213 Å². The molecule has 1 heterocycles. The first-order chi connectivity index (χ1) is 17.3. The van der Waals surface area contributed by atoms with Crippen LogP contribution in [-0.4, -0.2) is 68.5 Å². The Hall–Kier alpha value is -3.49. The van der Waals surface area contributed by atoms with Crippen molar-refractivity contribution in [2.24, 2.45) is 5.92 Å². The molecule has 0 aliphatic heterocycles. The van der Waals surface area contributed by atoms with Crippen LogP contribution in [0.25, 0.3) is 0 Å². The first-order valence-electron chi connectivity index (χ1n) is 12.1. The molecule has 0 saturated carbocycles. The summed E-state index contributed by atoms with van der Waals surface area (Å²) < 4.78 is 20.8. The van der Waals surface area contributed by atoms with Crippen LogP contribution in [0.1, 0.15) is 44.4 Å². The van der Waals surface area contributed by atoms with Gasteiger partial charge in [-0.2, -0.15) is 0 Å². The minimum Gasteiger partial charge on any atom is -0.493 e. The number of rotatable bonds is 15. The molecule has 2 aromatic rings. The normalized spacial score (nSPS) is 10.7. The number of hydrogen-bond donors (Lipinski definition) is 0. The Bertz CT molecular complexity index is 973. The SMILES string of the molecule is COC(=O)CCCC(=O)N(CC(=O)N(CCc1ccc(OC)c(OC)c1)Cc1ccco1)CC(C)C. The van der Waals surface area contributed by atoms with Crippen molar-refractivity contribution in [2.45, 2.75) is 46.1 Å². The number of amides is 2. The van der Waals surface area contributed by atoms with Crippen molar-refractivity contribution >= 4 is 17.8 Å². The van der Waals surface area contributed by atoms with E-state index in [1.54, 1.807) is 36.3 Å². The average molecular weight is 503 g/mol. The Morgan fingerprint density at radius 1 is 0.944 bits per heavy atom. The topological polar surface area (TPSA) is 98.5 Å². The third kappa shape index (κ3) is 9.28. The highest BCUT2D eigenvalue weighted by Gasteiger charge is 2.23. The molecule has 1 aromatic heterocycles. The standard InChI is InChI=1S/C27H38N2O7/c1-20(2)17-29(25(30)9-6-10-27(32)35-5)19-26(31)28(18-22-8-7-15-36-22)14-13-21-11-12-23(33-3)24(16-21)34-4/h7-8,11-12,15-16,20H,6,9-10,13-14,17-19H2,1-5H3. The lowest BCUT2D eigenvalue weighted by atomic mass is 10.1. The van der Waals surface area contributed by atoms with Gasteiger partial charge in [0, 0.05) is 25.9 Å². The average Bonchev–Trinajstić information content (AvgIpc) is 3.38. The minimum atomic E-state index is -0.353. The van der Waals surface area contributed by atoms with Gasteiger partial charge in [0.05, 0.1) is 40.7 Å². The lowest BCUT2D eigenvalue weighted by Gasteiger charge is -2.28. The summed E-state index contributed by atoms with van der Waals surface area (Å²) in [6, 6.07) is 9.27. The molecule has 0 aliphatic rings. The van der Waals surface area contributed by atoms with Crippen LogP contribution in [0, 0.1) is 5.92 Å². The van der Waals surface area contributed by atoms with Gasteiger partial charge in [-0.1, -0.05) is 19.9 Å². The van der Waals surface area contributed by atoms with E-state index in [1.807, 2.05) is 38.1 Å². The summed E-state index contributed by atoms with van der Waals surface area (Å²) in [6.45, 7) is 5.13. The Kier molecular flexibility index (Phi) is 11.8. The van der Waals surface area contributed by atoms with Gasteiger partial charge in [-0.25, -0.2) is 0 Å². The minimum absolute atomic E-state index is 0.0398. The number of methoxy groups -OCH3 is 3. The third-order valence-corrected chi connectivity index (χ3v) is 5.66. The maximum Gasteiger partial charge on any atom is 0.305 e. The molecule has 0 saturated heterocycles. The summed E-state index contributed by atoms with van der Waals surface area (Å²) in [6.07, 6.45) is 2.89. The van der Waals surface area contributed by atoms with Crippen LogP contribution in [0.2, 0.25) is 0 Å². The fourth-order valence-electron chi connectivity index (χ4n) is 3.79. The molecule has 36 heavy (non-hydrogen) atoms. The molecule has 1 aromatic carbocycles. The highest BCUT2D eigenvalue weighted by Crippen LogP contribution is 2.27. The van der Waals surface area contributed by atoms with Crippen molar-refractivity contribution in [3.63, 3.8) is 0 Å². The van der Waals surface area contributed by atoms with Crippen molar-refractivity contribution in [1.29, 1.82) is 0 Å². The molecule has 2 amide bonds. The van der Waals surface area contributed by atoms with Crippen LogP contribution < -0.4 is 9.47 Å². The van der Waals surface area contributed by atoms with Gasteiger partial charge < -0.3 is 28.4 Å². The van der Waals surface area contributed by atoms with E-state index in [0.717, 1.165) is 5.56 Å². The zero-order chi connectivity index (χ0) is 26.5. The molecule has 9 heteroatoms.